The molecule has 1 saturated heterocycles. The number of rotatable bonds is 4. The highest BCUT2D eigenvalue weighted by atomic mass is 15.1. The standard InChI is InChI=1S/C14H22N2/c1-15-9-11-16-10-5-8-14(12-16)13-6-3-2-4-7-13/h2-4,6-7,14-15H,5,8-12H2,1H3. The number of nitrogens with zero attached hydrogens (tertiary/aromatic N) is 1. The molecule has 1 aliphatic heterocycles. The van der Waals surface area contributed by atoms with Crippen LogP contribution in [0.2, 0.25) is 0 Å². The van der Waals surface area contributed by atoms with Crippen molar-refractivity contribution in [2.45, 2.75) is 18.8 Å². The second-order valence-electron chi connectivity index (χ2n) is 4.65. The van der Waals surface area contributed by atoms with E-state index in [4.69, 9.17) is 0 Å². The van der Waals surface area contributed by atoms with Crippen molar-refractivity contribution in [3.8, 4) is 0 Å². The predicted molar refractivity (Wildman–Crippen MR) is 68.8 cm³/mol. The van der Waals surface area contributed by atoms with Gasteiger partial charge in [-0.05, 0) is 37.9 Å². The SMILES string of the molecule is CNCCN1CCCC(c2ccccc2)C1. The molecule has 1 aliphatic rings. The van der Waals surface area contributed by atoms with E-state index in [1.807, 2.05) is 7.05 Å². The quantitative estimate of drug-likeness (QED) is 0.832. The molecule has 2 nitrogen and oxygen atoms in total. The van der Waals surface area contributed by atoms with Crippen molar-refractivity contribution in [3.63, 3.8) is 0 Å². The van der Waals surface area contributed by atoms with Crippen molar-refractivity contribution in [1.29, 1.82) is 0 Å². The van der Waals surface area contributed by atoms with E-state index in [1.165, 1.54) is 38.0 Å². The lowest BCUT2D eigenvalue weighted by molar-refractivity contribution is 0.209. The van der Waals surface area contributed by atoms with Crippen LogP contribution in [0.1, 0.15) is 24.3 Å². The van der Waals surface area contributed by atoms with Crippen LogP contribution < -0.4 is 5.32 Å². The Kier molecular flexibility index (Phi) is 4.37. The molecular formula is C14H22N2. The fourth-order valence-electron chi connectivity index (χ4n) is 2.53. The third-order valence-electron chi connectivity index (χ3n) is 3.45. The number of benzene rings is 1. The average molecular weight is 218 g/mol. The molecule has 2 rings (SSSR count). The van der Waals surface area contributed by atoms with Gasteiger partial charge in [-0.1, -0.05) is 30.3 Å². The molecule has 1 heterocycles. The summed E-state index contributed by atoms with van der Waals surface area (Å²) in [5, 5.41) is 3.23. The zero-order chi connectivity index (χ0) is 11.2. The van der Waals surface area contributed by atoms with Crippen LogP contribution >= 0.6 is 0 Å². The van der Waals surface area contributed by atoms with Gasteiger partial charge in [-0.15, -0.1) is 0 Å². The Balaban J connectivity index is 1.91. The number of likely N-dealkylation sites (N-methyl/N-ethyl adjacent to an activating group) is 1. The Morgan fingerprint density at radius 3 is 2.88 bits per heavy atom. The smallest absolute Gasteiger partial charge is 0.0107 e. The molecule has 0 bridgehead atoms. The molecule has 0 amide bonds. The van der Waals surface area contributed by atoms with Gasteiger partial charge >= 0.3 is 0 Å². The van der Waals surface area contributed by atoms with Gasteiger partial charge < -0.3 is 10.2 Å². The first-order valence-corrected chi connectivity index (χ1v) is 6.32. The first-order chi connectivity index (χ1) is 7.90. The Bertz CT molecular complexity index is 297. The molecular weight excluding hydrogens is 196 g/mol. The van der Waals surface area contributed by atoms with E-state index >= 15 is 0 Å². The van der Waals surface area contributed by atoms with Crippen LogP contribution in [0.25, 0.3) is 0 Å². The molecule has 16 heavy (non-hydrogen) atoms. The molecule has 0 aliphatic carbocycles. The molecule has 1 aromatic carbocycles. The summed E-state index contributed by atoms with van der Waals surface area (Å²) >= 11 is 0. The summed E-state index contributed by atoms with van der Waals surface area (Å²) in [6.07, 6.45) is 2.68. The van der Waals surface area contributed by atoms with Gasteiger partial charge in [-0.25, -0.2) is 0 Å². The molecule has 88 valence electrons. The summed E-state index contributed by atoms with van der Waals surface area (Å²) in [7, 11) is 2.03. The van der Waals surface area contributed by atoms with Crippen molar-refractivity contribution in [2.24, 2.45) is 0 Å². The number of nitrogens with one attached hydrogen (secondary N) is 1. The second-order valence-corrected chi connectivity index (χ2v) is 4.65. The summed E-state index contributed by atoms with van der Waals surface area (Å²) in [5.41, 5.74) is 1.51. The fraction of sp³-hybridized carbons (Fsp3) is 0.571. The molecule has 0 saturated carbocycles. The van der Waals surface area contributed by atoms with Crippen LogP contribution in [0.5, 0.6) is 0 Å². The van der Waals surface area contributed by atoms with Crippen LogP contribution in [0, 0.1) is 0 Å². The Morgan fingerprint density at radius 2 is 2.12 bits per heavy atom. The van der Waals surface area contributed by atoms with Gasteiger partial charge in [0.25, 0.3) is 0 Å². The molecule has 1 unspecified atom stereocenters. The topological polar surface area (TPSA) is 15.3 Å². The highest BCUT2D eigenvalue weighted by Gasteiger charge is 2.20. The summed E-state index contributed by atoms with van der Waals surface area (Å²) in [5.74, 6) is 0.742. The van der Waals surface area contributed by atoms with Gasteiger partial charge in [-0.3, -0.25) is 0 Å². The molecule has 0 aromatic heterocycles. The normalized spacial score (nSPS) is 22.2. The van der Waals surface area contributed by atoms with E-state index in [1.54, 1.807) is 0 Å². The maximum absolute atomic E-state index is 3.23. The first kappa shape index (κ1) is 11.6. The molecule has 1 N–H and O–H groups in total. The Labute approximate surface area is 98.7 Å². The van der Waals surface area contributed by atoms with Crippen molar-refractivity contribution in [1.82, 2.24) is 10.2 Å². The maximum atomic E-state index is 3.23. The summed E-state index contributed by atoms with van der Waals surface area (Å²) in [6, 6.07) is 11.0. The van der Waals surface area contributed by atoms with Gasteiger partial charge in [0.05, 0.1) is 0 Å². The minimum atomic E-state index is 0.742. The van der Waals surface area contributed by atoms with E-state index in [-0.39, 0.29) is 0 Å². The third kappa shape index (κ3) is 3.06. The lowest BCUT2D eigenvalue weighted by Gasteiger charge is -2.32. The van der Waals surface area contributed by atoms with Gasteiger partial charge in [0.1, 0.15) is 0 Å². The Morgan fingerprint density at radius 1 is 1.31 bits per heavy atom. The molecule has 1 atom stereocenters. The highest BCUT2D eigenvalue weighted by Crippen LogP contribution is 2.26. The van der Waals surface area contributed by atoms with Crippen LogP contribution in [-0.2, 0) is 0 Å². The van der Waals surface area contributed by atoms with Crippen LogP contribution in [0.15, 0.2) is 30.3 Å². The van der Waals surface area contributed by atoms with Gasteiger partial charge in [0.15, 0.2) is 0 Å². The Hall–Kier alpha value is -0.860. The van der Waals surface area contributed by atoms with E-state index in [0.29, 0.717) is 0 Å². The lowest BCUT2D eigenvalue weighted by atomic mass is 9.91. The van der Waals surface area contributed by atoms with Gasteiger partial charge in [0, 0.05) is 19.6 Å². The van der Waals surface area contributed by atoms with Crippen molar-refractivity contribution >= 4 is 0 Å². The van der Waals surface area contributed by atoms with Gasteiger partial charge in [-0.2, -0.15) is 0 Å². The predicted octanol–water partition coefficient (Wildman–Crippen LogP) is 2.09. The summed E-state index contributed by atoms with van der Waals surface area (Å²) < 4.78 is 0. The molecule has 0 spiro atoms. The number of piperidine rings is 1. The van der Waals surface area contributed by atoms with E-state index in [2.05, 4.69) is 40.5 Å². The van der Waals surface area contributed by atoms with Crippen molar-refractivity contribution in [3.05, 3.63) is 35.9 Å². The number of hydrogen-bond acceptors (Lipinski definition) is 2. The maximum Gasteiger partial charge on any atom is 0.0107 e. The highest BCUT2D eigenvalue weighted by molar-refractivity contribution is 5.20. The molecule has 0 radical (unpaired) electrons. The molecule has 1 fully saturated rings. The van der Waals surface area contributed by atoms with Crippen molar-refractivity contribution < 1.29 is 0 Å². The summed E-state index contributed by atoms with van der Waals surface area (Å²) in [6.45, 7) is 4.78. The first-order valence-electron chi connectivity index (χ1n) is 6.32. The summed E-state index contributed by atoms with van der Waals surface area (Å²) in [4.78, 5) is 2.58. The molecule has 1 aromatic rings. The van der Waals surface area contributed by atoms with E-state index < -0.39 is 0 Å². The monoisotopic (exact) mass is 218 g/mol. The van der Waals surface area contributed by atoms with E-state index in [0.717, 1.165) is 12.5 Å². The lowest BCUT2D eigenvalue weighted by Crippen LogP contribution is -2.38. The zero-order valence-corrected chi connectivity index (χ0v) is 10.2. The minimum Gasteiger partial charge on any atom is -0.318 e. The van der Waals surface area contributed by atoms with Gasteiger partial charge in [0.2, 0.25) is 0 Å². The second kappa shape index (κ2) is 6.02. The zero-order valence-electron chi connectivity index (χ0n) is 10.2. The number of likely N-dealkylation sites (tertiary alicyclic amines) is 1. The minimum absolute atomic E-state index is 0.742. The van der Waals surface area contributed by atoms with Crippen LogP contribution in [0.4, 0.5) is 0 Å². The fourth-order valence-corrected chi connectivity index (χ4v) is 2.53. The largest absolute Gasteiger partial charge is 0.318 e. The molecule has 2 heteroatoms. The average Bonchev–Trinajstić information content (AvgIpc) is 2.38. The van der Waals surface area contributed by atoms with E-state index in [9.17, 15) is 0 Å². The number of hydrogen-bond donors (Lipinski definition) is 1. The van der Waals surface area contributed by atoms with Crippen LogP contribution in [0.3, 0.4) is 0 Å². The van der Waals surface area contributed by atoms with Crippen molar-refractivity contribution in [2.75, 3.05) is 33.2 Å². The van der Waals surface area contributed by atoms with Crippen LogP contribution in [-0.4, -0.2) is 38.1 Å². The third-order valence-corrected chi connectivity index (χ3v) is 3.45.